The molecule has 1 rings (SSSR count). The minimum absolute atomic E-state index is 0.121. The molecule has 2 N–H and O–H groups in total. The molecule has 0 aliphatic carbocycles. The maximum atomic E-state index is 5.83. The van der Waals surface area contributed by atoms with Crippen LogP contribution in [0.5, 0.6) is 5.75 Å². The first-order valence-electron chi connectivity index (χ1n) is 7.34. The Labute approximate surface area is 127 Å². The van der Waals surface area contributed by atoms with Crippen LogP contribution in [0.4, 0.5) is 0 Å². The Bertz CT molecular complexity index is 371. The number of para-hydroxylation sites is 1. The topological polar surface area (TPSA) is 62.9 Å². The standard InChI is InChI=1S/C16H27NO4/c1-14(17)13-15-5-3-4-6-16(15)21-12-11-20-10-9-19-8-7-18-2/h3-6,14H,7-13,17H2,1-2H3. The Morgan fingerprint density at radius 2 is 1.57 bits per heavy atom. The number of hydrogen-bond donors (Lipinski definition) is 1. The van der Waals surface area contributed by atoms with Crippen molar-refractivity contribution in [2.75, 3.05) is 46.8 Å². The maximum absolute atomic E-state index is 5.83. The van der Waals surface area contributed by atoms with Crippen LogP contribution in [0.15, 0.2) is 24.3 Å². The molecule has 0 spiro atoms. The van der Waals surface area contributed by atoms with E-state index < -0.39 is 0 Å². The first kappa shape index (κ1) is 17.9. The number of ether oxygens (including phenoxy) is 4. The van der Waals surface area contributed by atoms with E-state index in [1.165, 1.54) is 0 Å². The molecule has 0 fully saturated rings. The molecule has 1 atom stereocenters. The normalized spacial score (nSPS) is 12.3. The van der Waals surface area contributed by atoms with Crippen LogP contribution in [0.2, 0.25) is 0 Å². The van der Waals surface area contributed by atoms with Crippen LogP contribution < -0.4 is 10.5 Å². The maximum Gasteiger partial charge on any atom is 0.122 e. The van der Waals surface area contributed by atoms with Gasteiger partial charge in [0.2, 0.25) is 0 Å². The molecule has 0 aliphatic heterocycles. The molecule has 5 nitrogen and oxygen atoms in total. The second-order valence-electron chi connectivity index (χ2n) is 4.86. The molecule has 0 amide bonds. The van der Waals surface area contributed by atoms with E-state index >= 15 is 0 Å². The lowest BCUT2D eigenvalue weighted by Gasteiger charge is -2.13. The van der Waals surface area contributed by atoms with Gasteiger partial charge in [-0.05, 0) is 25.0 Å². The number of hydrogen-bond acceptors (Lipinski definition) is 5. The summed E-state index contributed by atoms with van der Waals surface area (Å²) in [6, 6.07) is 8.09. The summed E-state index contributed by atoms with van der Waals surface area (Å²) in [6.45, 7) is 5.40. The minimum atomic E-state index is 0.121. The van der Waals surface area contributed by atoms with Crippen molar-refractivity contribution in [2.24, 2.45) is 5.73 Å². The highest BCUT2D eigenvalue weighted by atomic mass is 16.6. The van der Waals surface area contributed by atoms with Crippen LogP contribution >= 0.6 is 0 Å². The minimum Gasteiger partial charge on any atom is -0.491 e. The molecule has 1 aromatic carbocycles. The van der Waals surface area contributed by atoms with Crippen molar-refractivity contribution in [3.8, 4) is 5.75 Å². The van der Waals surface area contributed by atoms with E-state index in [9.17, 15) is 0 Å². The van der Waals surface area contributed by atoms with Gasteiger partial charge in [0.15, 0.2) is 0 Å². The number of benzene rings is 1. The summed E-state index contributed by atoms with van der Waals surface area (Å²) in [5.41, 5.74) is 6.97. The van der Waals surface area contributed by atoms with Crippen LogP contribution in [0.1, 0.15) is 12.5 Å². The van der Waals surface area contributed by atoms with E-state index in [4.69, 9.17) is 24.7 Å². The molecule has 0 bridgehead atoms. The third-order valence-corrected chi connectivity index (χ3v) is 2.80. The van der Waals surface area contributed by atoms with E-state index in [2.05, 4.69) is 0 Å². The predicted octanol–water partition coefficient (Wildman–Crippen LogP) is 1.63. The highest BCUT2D eigenvalue weighted by molar-refractivity contribution is 5.33. The number of rotatable bonds is 12. The van der Waals surface area contributed by atoms with Crippen molar-refractivity contribution < 1.29 is 18.9 Å². The second kappa shape index (κ2) is 11.5. The van der Waals surface area contributed by atoms with Crippen molar-refractivity contribution in [3.63, 3.8) is 0 Å². The number of nitrogens with two attached hydrogens (primary N) is 1. The van der Waals surface area contributed by atoms with Crippen molar-refractivity contribution >= 4 is 0 Å². The van der Waals surface area contributed by atoms with Crippen LogP contribution in [0.25, 0.3) is 0 Å². The van der Waals surface area contributed by atoms with Crippen molar-refractivity contribution in [2.45, 2.75) is 19.4 Å². The Morgan fingerprint density at radius 1 is 0.952 bits per heavy atom. The SMILES string of the molecule is COCCOCCOCCOc1ccccc1CC(C)N. The molecule has 5 heteroatoms. The fourth-order valence-corrected chi connectivity index (χ4v) is 1.83. The zero-order valence-corrected chi connectivity index (χ0v) is 13.0. The predicted molar refractivity (Wildman–Crippen MR) is 82.8 cm³/mol. The molecule has 0 saturated carbocycles. The highest BCUT2D eigenvalue weighted by Crippen LogP contribution is 2.19. The van der Waals surface area contributed by atoms with Gasteiger partial charge in [0.1, 0.15) is 12.4 Å². The Hall–Kier alpha value is -1.14. The van der Waals surface area contributed by atoms with Crippen molar-refractivity contribution in [3.05, 3.63) is 29.8 Å². The summed E-state index contributed by atoms with van der Waals surface area (Å²) in [7, 11) is 1.65. The molecule has 0 saturated heterocycles. The van der Waals surface area contributed by atoms with E-state index in [-0.39, 0.29) is 6.04 Å². The first-order chi connectivity index (χ1) is 10.2. The third kappa shape index (κ3) is 8.67. The molecular weight excluding hydrogens is 270 g/mol. The lowest BCUT2D eigenvalue weighted by Crippen LogP contribution is -2.18. The second-order valence-corrected chi connectivity index (χ2v) is 4.86. The lowest BCUT2D eigenvalue weighted by atomic mass is 10.1. The summed E-state index contributed by atoms with van der Waals surface area (Å²) >= 11 is 0. The smallest absolute Gasteiger partial charge is 0.122 e. The van der Waals surface area contributed by atoms with Gasteiger partial charge >= 0.3 is 0 Å². The first-order valence-corrected chi connectivity index (χ1v) is 7.34. The molecule has 0 aromatic heterocycles. The van der Waals surface area contributed by atoms with Crippen molar-refractivity contribution in [1.82, 2.24) is 0 Å². The summed E-state index contributed by atoms with van der Waals surface area (Å²) < 4.78 is 21.4. The molecule has 1 aromatic rings. The van der Waals surface area contributed by atoms with Crippen LogP contribution in [0.3, 0.4) is 0 Å². The molecule has 21 heavy (non-hydrogen) atoms. The zero-order chi connectivity index (χ0) is 15.3. The summed E-state index contributed by atoms with van der Waals surface area (Å²) in [4.78, 5) is 0. The van der Waals surface area contributed by atoms with Gasteiger partial charge in [0.25, 0.3) is 0 Å². The lowest BCUT2D eigenvalue weighted by molar-refractivity contribution is 0.0179. The van der Waals surface area contributed by atoms with Gasteiger partial charge in [0, 0.05) is 13.2 Å². The zero-order valence-electron chi connectivity index (χ0n) is 13.0. The number of methoxy groups -OCH3 is 1. The van der Waals surface area contributed by atoms with Gasteiger partial charge in [-0.3, -0.25) is 0 Å². The quantitative estimate of drug-likeness (QED) is 0.594. The molecule has 0 radical (unpaired) electrons. The van der Waals surface area contributed by atoms with Gasteiger partial charge in [0.05, 0.1) is 33.0 Å². The average molecular weight is 297 g/mol. The van der Waals surface area contributed by atoms with E-state index in [0.717, 1.165) is 17.7 Å². The summed E-state index contributed by atoms with van der Waals surface area (Å²) in [5, 5.41) is 0. The van der Waals surface area contributed by atoms with Crippen LogP contribution in [-0.2, 0) is 20.6 Å². The van der Waals surface area contributed by atoms with E-state index in [0.29, 0.717) is 39.6 Å². The molecular formula is C16H27NO4. The Morgan fingerprint density at radius 3 is 2.24 bits per heavy atom. The molecule has 1 unspecified atom stereocenters. The van der Waals surface area contributed by atoms with Crippen LogP contribution in [0, 0.1) is 0 Å². The fourth-order valence-electron chi connectivity index (χ4n) is 1.83. The molecule has 0 heterocycles. The van der Waals surface area contributed by atoms with E-state index in [1.54, 1.807) is 7.11 Å². The van der Waals surface area contributed by atoms with Gasteiger partial charge in [-0.2, -0.15) is 0 Å². The Balaban J connectivity index is 2.12. The van der Waals surface area contributed by atoms with Crippen LogP contribution in [-0.4, -0.2) is 52.8 Å². The average Bonchev–Trinajstić information content (AvgIpc) is 2.46. The van der Waals surface area contributed by atoms with Gasteiger partial charge in [-0.15, -0.1) is 0 Å². The largest absolute Gasteiger partial charge is 0.491 e. The van der Waals surface area contributed by atoms with E-state index in [1.807, 2.05) is 31.2 Å². The van der Waals surface area contributed by atoms with Gasteiger partial charge in [-0.25, -0.2) is 0 Å². The monoisotopic (exact) mass is 297 g/mol. The molecule has 120 valence electrons. The Kier molecular flexibility index (Phi) is 9.82. The summed E-state index contributed by atoms with van der Waals surface area (Å²) in [6.07, 6.45) is 0.810. The van der Waals surface area contributed by atoms with Crippen molar-refractivity contribution in [1.29, 1.82) is 0 Å². The third-order valence-electron chi connectivity index (χ3n) is 2.80. The molecule has 0 aliphatic rings. The van der Waals surface area contributed by atoms with Gasteiger partial charge < -0.3 is 24.7 Å². The highest BCUT2D eigenvalue weighted by Gasteiger charge is 2.05. The fraction of sp³-hybridized carbons (Fsp3) is 0.625. The van der Waals surface area contributed by atoms with Gasteiger partial charge in [-0.1, -0.05) is 18.2 Å². The summed E-state index contributed by atoms with van der Waals surface area (Å²) in [5.74, 6) is 0.884.